The molecule has 0 saturated heterocycles. The second-order valence-corrected chi connectivity index (χ2v) is 7.17. The quantitative estimate of drug-likeness (QED) is 0.435. The van der Waals surface area contributed by atoms with Crippen LogP contribution >= 0.6 is 27.5 Å². The number of hydrogen-bond acceptors (Lipinski definition) is 4. The van der Waals surface area contributed by atoms with Crippen LogP contribution in [0.4, 0.5) is 5.69 Å². The Labute approximate surface area is 171 Å². The summed E-state index contributed by atoms with van der Waals surface area (Å²) in [7, 11) is 1.62. The molecule has 0 aliphatic heterocycles. The molecule has 0 saturated carbocycles. The van der Waals surface area contributed by atoms with Crippen LogP contribution in [0.25, 0.3) is 0 Å². The highest BCUT2D eigenvalue weighted by molar-refractivity contribution is 9.10. The lowest BCUT2D eigenvalue weighted by Gasteiger charge is -2.18. The van der Waals surface area contributed by atoms with E-state index in [9.17, 15) is 5.11 Å². The van der Waals surface area contributed by atoms with Crippen LogP contribution in [0.3, 0.4) is 0 Å². The molecule has 140 valence electrons. The van der Waals surface area contributed by atoms with E-state index in [2.05, 4.69) is 21.2 Å². The number of nitrogens with one attached hydrogen (secondary N) is 1. The first-order chi connectivity index (χ1) is 13.1. The van der Waals surface area contributed by atoms with E-state index in [1.165, 1.54) is 0 Å². The van der Waals surface area contributed by atoms with Gasteiger partial charge in [-0.15, -0.1) is 0 Å². The van der Waals surface area contributed by atoms with Gasteiger partial charge in [-0.3, -0.25) is 0 Å². The summed E-state index contributed by atoms with van der Waals surface area (Å²) >= 11 is 9.65. The molecule has 0 amide bonds. The number of anilines is 1. The number of aromatic hydroxyl groups is 1. The van der Waals surface area contributed by atoms with Gasteiger partial charge in [-0.05, 0) is 54.1 Å². The van der Waals surface area contributed by atoms with E-state index in [-0.39, 0.29) is 5.75 Å². The summed E-state index contributed by atoms with van der Waals surface area (Å²) in [6, 6.07) is 18.3. The first-order valence-electron chi connectivity index (χ1n) is 8.32. The zero-order valence-electron chi connectivity index (χ0n) is 14.7. The maximum absolute atomic E-state index is 9.41. The SMILES string of the molecule is COc1ccc(Br)c(CNc2ccc(O)cc2)c1OCc1cccc(Cl)c1. The molecule has 0 fully saturated rings. The normalized spacial score (nSPS) is 10.5. The molecule has 0 bridgehead atoms. The molecular weight excluding hydrogens is 430 g/mol. The minimum absolute atomic E-state index is 0.230. The summed E-state index contributed by atoms with van der Waals surface area (Å²) in [6.07, 6.45) is 0. The van der Waals surface area contributed by atoms with E-state index in [0.29, 0.717) is 29.7 Å². The highest BCUT2D eigenvalue weighted by atomic mass is 79.9. The molecule has 27 heavy (non-hydrogen) atoms. The molecule has 6 heteroatoms. The van der Waals surface area contributed by atoms with Gasteiger partial charge in [0.25, 0.3) is 0 Å². The second-order valence-electron chi connectivity index (χ2n) is 5.88. The van der Waals surface area contributed by atoms with Gasteiger partial charge in [0.05, 0.1) is 7.11 Å². The molecule has 0 aliphatic rings. The van der Waals surface area contributed by atoms with Gasteiger partial charge in [-0.25, -0.2) is 0 Å². The van der Waals surface area contributed by atoms with Gasteiger partial charge in [0.15, 0.2) is 11.5 Å². The summed E-state index contributed by atoms with van der Waals surface area (Å²) < 4.78 is 12.5. The average molecular weight is 449 g/mol. The number of phenolic OH excluding ortho intramolecular Hbond substituents is 1. The lowest BCUT2D eigenvalue weighted by atomic mass is 10.1. The molecule has 4 nitrogen and oxygen atoms in total. The minimum atomic E-state index is 0.230. The number of benzene rings is 3. The molecule has 0 heterocycles. The molecule has 3 rings (SSSR count). The molecule has 0 spiro atoms. The molecule has 0 radical (unpaired) electrons. The lowest BCUT2D eigenvalue weighted by molar-refractivity contribution is 0.281. The van der Waals surface area contributed by atoms with Crippen LogP contribution in [0, 0.1) is 0 Å². The maximum atomic E-state index is 9.41. The van der Waals surface area contributed by atoms with Crippen molar-refractivity contribution in [2.24, 2.45) is 0 Å². The number of hydrogen-bond donors (Lipinski definition) is 2. The van der Waals surface area contributed by atoms with Crippen LogP contribution in [0.15, 0.2) is 65.1 Å². The van der Waals surface area contributed by atoms with Gasteiger partial charge in [-0.1, -0.05) is 39.7 Å². The van der Waals surface area contributed by atoms with Crippen molar-refractivity contribution in [2.75, 3.05) is 12.4 Å². The molecule has 3 aromatic carbocycles. The van der Waals surface area contributed by atoms with Crippen LogP contribution in [0.5, 0.6) is 17.2 Å². The van der Waals surface area contributed by atoms with Gasteiger partial charge in [0.1, 0.15) is 12.4 Å². The Morgan fingerprint density at radius 2 is 1.85 bits per heavy atom. The summed E-state index contributed by atoms with van der Waals surface area (Å²) in [5, 5.41) is 13.4. The van der Waals surface area contributed by atoms with Crippen molar-refractivity contribution in [2.45, 2.75) is 13.2 Å². The van der Waals surface area contributed by atoms with Gasteiger partial charge >= 0.3 is 0 Å². The van der Waals surface area contributed by atoms with Crippen molar-refractivity contribution in [3.63, 3.8) is 0 Å². The Kier molecular flexibility index (Phi) is 6.48. The van der Waals surface area contributed by atoms with Gasteiger partial charge < -0.3 is 19.9 Å². The predicted molar refractivity (Wildman–Crippen MR) is 112 cm³/mol. The first-order valence-corrected chi connectivity index (χ1v) is 9.49. The minimum Gasteiger partial charge on any atom is -0.508 e. The smallest absolute Gasteiger partial charge is 0.167 e. The average Bonchev–Trinajstić information content (AvgIpc) is 2.67. The molecular formula is C21H19BrClNO3. The highest BCUT2D eigenvalue weighted by Crippen LogP contribution is 2.37. The Balaban J connectivity index is 1.82. The molecule has 0 atom stereocenters. The topological polar surface area (TPSA) is 50.7 Å². The summed E-state index contributed by atoms with van der Waals surface area (Å²) in [5.74, 6) is 1.55. The Morgan fingerprint density at radius 1 is 1.07 bits per heavy atom. The van der Waals surface area contributed by atoms with Crippen LogP contribution in [-0.4, -0.2) is 12.2 Å². The van der Waals surface area contributed by atoms with Crippen LogP contribution < -0.4 is 14.8 Å². The standard InChI is InChI=1S/C21H19BrClNO3/c1-26-20-10-9-19(22)18(12-24-16-5-7-17(25)8-6-16)21(20)27-13-14-3-2-4-15(23)11-14/h2-11,24-25H,12-13H2,1H3. The largest absolute Gasteiger partial charge is 0.508 e. The van der Waals surface area contributed by atoms with Gasteiger partial charge in [0, 0.05) is 27.3 Å². The highest BCUT2D eigenvalue weighted by Gasteiger charge is 2.15. The summed E-state index contributed by atoms with van der Waals surface area (Å²) in [5.41, 5.74) is 2.80. The second kappa shape index (κ2) is 9.02. The summed E-state index contributed by atoms with van der Waals surface area (Å²) in [6.45, 7) is 0.896. The Hall–Kier alpha value is -2.37. The van der Waals surface area contributed by atoms with E-state index in [1.54, 1.807) is 19.2 Å². The first kappa shape index (κ1) is 19.4. The third-order valence-corrected chi connectivity index (χ3v) is 4.97. The third-order valence-electron chi connectivity index (χ3n) is 4.00. The number of phenols is 1. The molecule has 2 N–H and O–H groups in total. The van der Waals surface area contributed by atoms with Crippen molar-refractivity contribution in [1.82, 2.24) is 0 Å². The van der Waals surface area contributed by atoms with E-state index < -0.39 is 0 Å². The van der Waals surface area contributed by atoms with E-state index in [1.807, 2.05) is 48.5 Å². The fourth-order valence-electron chi connectivity index (χ4n) is 2.62. The predicted octanol–water partition coefficient (Wildman–Crippen LogP) is 6.01. The number of ether oxygens (including phenoxy) is 2. The molecule has 3 aromatic rings. The lowest BCUT2D eigenvalue weighted by Crippen LogP contribution is -2.06. The van der Waals surface area contributed by atoms with Gasteiger partial charge in [0.2, 0.25) is 0 Å². The van der Waals surface area contributed by atoms with Crippen molar-refractivity contribution in [1.29, 1.82) is 0 Å². The number of methoxy groups -OCH3 is 1. The van der Waals surface area contributed by atoms with E-state index in [0.717, 1.165) is 21.3 Å². The van der Waals surface area contributed by atoms with Crippen LogP contribution in [0.2, 0.25) is 5.02 Å². The van der Waals surface area contributed by atoms with Crippen molar-refractivity contribution >= 4 is 33.2 Å². The van der Waals surface area contributed by atoms with Crippen molar-refractivity contribution < 1.29 is 14.6 Å². The Morgan fingerprint density at radius 3 is 2.56 bits per heavy atom. The maximum Gasteiger partial charge on any atom is 0.167 e. The van der Waals surface area contributed by atoms with E-state index in [4.69, 9.17) is 21.1 Å². The fourth-order valence-corrected chi connectivity index (χ4v) is 3.28. The monoisotopic (exact) mass is 447 g/mol. The zero-order chi connectivity index (χ0) is 19.2. The number of halogens is 2. The fraction of sp³-hybridized carbons (Fsp3) is 0.143. The van der Waals surface area contributed by atoms with E-state index >= 15 is 0 Å². The van der Waals surface area contributed by atoms with Crippen LogP contribution in [0.1, 0.15) is 11.1 Å². The van der Waals surface area contributed by atoms with Gasteiger partial charge in [-0.2, -0.15) is 0 Å². The van der Waals surface area contributed by atoms with Crippen molar-refractivity contribution in [3.8, 4) is 17.2 Å². The third kappa shape index (κ3) is 5.08. The molecule has 0 aromatic heterocycles. The molecule has 0 aliphatic carbocycles. The zero-order valence-corrected chi connectivity index (χ0v) is 17.0. The molecule has 0 unspecified atom stereocenters. The van der Waals surface area contributed by atoms with Crippen molar-refractivity contribution in [3.05, 3.63) is 81.3 Å². The summed E-state index contributed by atoms with van der Waals surface area (Å²) in [4.78, 5) is 0. The van der Waals surface area contributed by atoms with Crippen LogP contribution in [-0.2, 0) is 13.2 Å². The number of rotatable bonds is 7. The Bertz CT molecular complexity index is 916.